The molecule has 2 aromatic carbocycles. The van der Waals surface area contributed by atoms with Gasteiger partial charge in [0.25, 0.3) is 0 Å². The first kappa shape index (κ1) is 29.7. The van der Waals surface area contributed by atoms with E-state index in [0.29, 0.717) is 47.5 Å². The van der Waals surface area contributed by atoms with Crippen molar-refractivity contribution in [3.63, 3.8) is 0 Å². The van der Waals surface area contributed by atoms with Crippen molar-refractivity contribution in [2.24, 2.45) is 5.41 Å². The Morgan fingerprint density at radius 1 is 1.10 bits per heavy atom. The van der Waals surface area contributed by atoms with Crippen molar-refractivity contribution in [1.82, 2.24) is 25.5 Å². The minimum absolute atomic E-state index is 0.274. The first-order valence-corrected chi connectivity index (χ1v) is 13.8. The van der Waals surface area contributed by atoms with E-state index in [2.05, 4.69) is 31.2 Å². The van der Waals surface area contributed by atoms with Gasteiger partial charge >= 0.3 is 0 Å². The fraction of sp³-hybridized carbons (Fsp3) is 0.433. The number of amides is 3. The molecular weight excluding hydrogens is 522 g/mol. The van der Waals surface area contributed by atoms with Crippen molar-refractivity contribution in [1.29, 1.82) is 0 Å². The Bertz CT molecular complexity index is 1410. The van der Waals surface area contributed by atoms with Crippen LogP contribution in [0.4, 0.5) is 17.2 Å². The first-order valence-electron chi connectivity index (χ1n) is 13.8. The molecule has 3 atom stereocenters. The van der Waals surface area contributed by atoms with Gasteiger partial charge in [-0.1, -0.05) is 39.0 Å². The van der Waals surface area contributed by atoms with Crippen molar-refractivity contribution in [2.45, 2.75) is 58.7 Å². The number of hydrogen-bond acceptors (Lipinski definition) is 8. The molecule has 2 heterocycles. The van der Waals surface area contributed by atoms with Crippen LogP contribution >= 0.6 is 0 Å². The number of carbonyl (C=O) groups is 3. The van der Waals surface area contributed by atoms with Crippen molar-refractivity contribution in [3.8, 4) is 5.75 Å². The smallest absolute Gasteiger partial charge is 0.247 e. The van der Waals surface area contributed by atoms with E-state index in [9.17, 15) is 14.4 Å². The number of para-hydroxylation sites is 1. The molecule has 1 unspecified atom stereocenters. The maximum atomic E-state index is 13.8. The number of ether oxygens (including phenoxy) is 1. The van der Waals surface area contributed by atoms with Crippen LogP contribution in [0.1, 0.15) is 40.5 Å². The second-order valence-corrected chi connectivity index (χ2v) is 11.3. The number of nitrogens with one attached hydrogen (secondary N) is 4. The molecule has 11 heteroatoms. The Morgan fingerprint density at radius 3 is 2.49 bits per heavy atom. The first-order chi connectivity index (χ1) is 19.5. The van der Waals surface area contributed by atoms with E-state index in [0.717, 1.165) is 5.69 Å². The fourth-order valence-corrected chi connectivity index (χ4v) is 4.84. The molecule has 0 radical (unpaired) electrons. The molecule has 0 bridgehead atoms. The Hall–Kier alpha value is -4.25. The Labute approximate surface area is 240 Å². The van der Waals surface area contributed by atoms with Crippen molar-refractivity contribution in [2.75, 3.05) is 31.3 Å². The molecule has 3 amide bonds. The van der Waals surface area contributed by atoms with Crippen molar-refractivity contribution < 1.29 is 19.1 Å². The number of fused-ring (bicyclic) bond motifs is 1. The molecule has 1 aliphatic rings. The van der Waals surface area contributed by atoms with Gasteiger partial charge in [-0.25, -0.2) is 9.97 Å². The van der Waals surface area contributed by atoms with Crippen LogP contribution in [0, 0.1) is 5.41 Å². The minimum atomic E-state index is -0.793. The summed E-state index contributed by atoms with van der Waals surface area (Å²) in [6, 6.07) is 11.2. The number of aromatic nitrogens is 2. The van der Waals surface area contributed by atoms with Crippen LogP contribution in [0.15, 0.2) is 48.8 Å². The highest BCUT2D eigenvalue weighted by molar-refractivity contribution is 6.03. The maximum absolute atomic E-state index is 13.8. The molecule has 1 saturated heterocycles. The van der Waals surface area contributed by atoms with Crippen molar-refractivity contribution in [3.05, 3.63) is 48.8 Å². The predicted molar refractivity (Wildman–Crippen MR) is 159 cm³/mol. The van der Waals surface area contributed by atoms with E-state index in [1.807, 2.05) is 51.1 Å². The average molecular weight is 562 g/mol. The third kappa shape index (κ3) is 6.74. The highest BCUT2D eigenvalue weighted by atomic mass is 16.5. The van der Waals surface area contributed by atoms with Gasteiger partial charge in [0.1, 0.15) is 30.0 Å². The summed E-state index contributed by atoms with van der Waals surface area (Å²) >= 11 is 0. The van der Waals surface area contributed by atoms with Gasteiger partial charge in [-0.3, -0.25) is 14.4 Å². The number of carbonyl (C=O) groups excluding carboxylic acids is 3. The summed E-state index contributed by atoms with van der Waals surface area (Å²) in [6.07, 6.45) is 2.65. The minimum Gasteiger partial charge on any atom is -0.494 e. The second kappa shape index (κ2) is 12.5. The van der Waals surface area contributed by atoms with Crippen LogP contribution in [-0.2, 0) is 14.4 Å². The summed E-state index contributed by atoms with van der Waals surface area (Å²) in [5.41, 5.74) is 1.39. The number of anilines is 3. The number of methoxy groups -OCH3 is 1. The van der Waals surface area contributed by atoms with E-state index in [-0.39, 0.29) is 17.7 Å². The van der Waals surface area contributed by atoms with Crippen LogP contribution in [0.5, 0.6) is 5.75 Å². The largest absolute Gasteiger partial charge is 0.494 e. The van der Waals surface area contributed by atoms with Crippen LogP contribution in [-0.4, -0.2) is 71.4 Å². The lowest BCUT2D eigenvalue weighted by Crippen LogP contribution is -2.59. The predicted octanol–water partition coefficient (Wildman–Crippen LogP) is 3.45. The number of nitrogens with zero attached hydrogens (tertiary/aromatic N) is 3. The number of likely N-dealkylation sites (tertiary alicyclic amines) is 1. The summed E-state index contributed by atoms with van der Waals surface area (Å²) in [4.78, 5) is 50.5. The third-order valence-corrected chi connectivity index (χ3v) is 7.32. The van der Waals surface area contributed by atoms with Gasteiger partial charge in [0.15, 0.2) is 0 Å². The zero-order valence-corrected chi connectivity index (χ0v) is 24.4. The molecule has 1 fully saturated rings. The number of hydrogen-bond donors (Lipinski definition) is 4. The Balaban J connectivity index is 1.59. The summed E-state index contributed by atoms with van der Waals surface area (Å²) in [7, 11) is 3.21. The van der Waals surface area contributed by atoms with Gasteiger partial charge < -0.3 is 30.9 Å². The topological polar surface area (TPSA) is 138 Å². The highest BCUT2D eigenvalue weighted by Crippen LogP contribution is 2.34. The fourth-order valence-electron chi connectivity index (χ4n) is 4.84. The summed E-state index contributed by atoms with van der Waals surface area (Å²) in [5, 5.41) is 12.8. The molecule has 41 heavy (non-hydrogen) atoms. The summed E-state index contributed by atoms with van der Waals surface area (Å²) in [6.45, 7) is 7.85. The highest BCUT2D eigenvalue weighted by Gasteiger charge is 2.42. The van der Waals surface area contributed by atoms with E-state index in [4.69, 9.17) is 4.74 Å². The molecule has 1 aliphatic heterocycles. The summed E-state index contributed by atoms with van der Waals surface area (Å²) in [5.74, 6) is 0.137. The van der Waals surface area contributed by atoms with E-state index in [1.165, 1.54) is 13.4 Å². The lowest BCUT2D eigenvalue weighted by Gasteiger charge is -2.36. The molecule has 0 aliphatic carbocycles. The van der Waals surface area contributed by atoms with Gasteiger partial charge in [0.05, 0.1) is 24.4 Å². The number of likely N-dealkylation sites (N-methyl/N-ethyl adjacent to an activating group) is 1. The van der Waals surface area contributed by atoms with Crippen LogP contribution in [0.2, 0.25) is 0 Å². The molecular formula is C30H39N7O4. The van der Waals surface area contributed by atoms with Crippen molar-refractivity contribution >= 4 is 45.8 Å². The normalized spacial score (nSPS) is 16.6. The third-order valence-electron chi connectivity index (χ3n) is 7.32. The molecule has 3 aromatic rings. The number of benzene rings is 2. The zero-order valence-electron chi connectivity index (χ0n) is 24.4. The zero-order chi connectivity index (χ0) is 29.7. The van der Waals surface area contributed by atoms with Gasteiger partial charge in [0.2, 0.25) is 17.7 Å². The molecule has 11 nitrogen and oxygen atoms in total. The SMILES string of the molecule is CN[C@@H](C)C(=O)N[C@H](C(=O)N1CCCC1C(=O)Nc1cc2c(Nc3ccccc3)ncnc2cc1OC)C(C)(C)C. The monoisotopic (exact) mass is 561 g/mol. The molecule has 0 saturated carbocycles. The van der Waals surface area contributed by atoms with E-state index >= 15 is 0 Å². The van der Waals surface area contributed by atoms with E-state index < -0.39 is 23.5 Å². The molecule has 0 spiro atoms. The van der Waals surface area contributed by atoms with Gasteiger partial charge in [-0.05, 0) is 50.4 Å². The molecule has 218 valence electrons. The lowest BCUT2D eigenvalue weighted by atomic mass is 9.85. The van der Waals surface area contributed by atoms with Gasteiger partial charge in [-0.15, -0.1) is 0 Å². The Morgan fingerprint density at radius 2 is 1.83 bits per heavy atom. The molecule has 4 N–H and O–H groups in total. The molecule has 4 rings (SSSR count). The quantitative estimate of drug-likeness (QED) is 0.312. The summed E-state index contributed by atoms with van der Waals surface area (Å²) < 4.78 is 5.58. The van der Waals surface area contributed by atoms with E-state index in [1.54, 1.807) is 31.0 Å². The van der Waals surface area contributed by atoms with Crippen LogP contribution in [0.3, 0.4) is 0 Å². The average Bonchev–Trinajstić information content (AvgIpc) is 3.45. The Kier molecular flexibility index (Phi) is 9.07. The maximum Gasteiger partial charge on any atom is 0.247 e. The lowest BCUT2D eigenvalue weighted by molar-refractivity contribution is -0.143. The van der Waals surface area contributed by atoms with Crippen LogP contribution < -0.4 is 26.0 Å². The van der Waals surface area contributed by atoms with Gasteiger partial charge in [0, 0.05) is 23.7 Å². The standard InChI is InChI=1S/C30H39N7O4/c1-18(31-5)27(38)36-25(30(2,3)4)29(40)37-14-10-13-23(37)28(39)35-22-15-20-21(16-24(22)41-6)32-17-33-26(20)34-19-11-8-7-9-12-19/h7-9,11-12,15-18,23,25,31H,10,13-14H2,1-6H3,(H,35,39)(H,36,38)(H,32,33,34)/t18-,23?,25+/m0/s1. The number of rotatable bonds is 9. The molecule has 1 aromatic heterocycles. The van der Waals surface area contributed by atoms with Crippen LogP contribution in [0.25, 0.3) is 10.9 Å². The van der Waals surface area contributed by atoms with Gasteiger partial charge in [-0.2, -0.15) is 0 Å². The second-order valence-electron chi connectivity index (χ2n) is 11.3.